The molecule has 1 N–H and O–H groups in total. The molecule has 0 fully saturated rings. The van der Waals surface area contributed by atoms with E-state index in [-0.39, 0.29) is 0 Å². The van der Waals surface area contributed by atoms with Crippen molar-refractivity contribution in [3.63, 3.8) is 0 Å². The van der Waals surface area contributed by atoms with E-state index >= 15 is 0 Å². The molecule has 1 aromatic carbocycles. The molecule has 0 aliphatic rings. The van der Waals surface area contributed by atoms with Gasteiger partial charge in [0.1, 0.15) is 12.4 Å². The maximum absolute atomic E-state index is 6.10. The third-order valence-corrected chi connectivity index (χ3v) is 2.49. The number of nitrogens with one attached hydrogen (secondary N) is 1. The van der Waals surface area contributed by atoms with Crippen molar-refractivity contribution in [2.45, 2.75) is 13.3 Å². The first-order valence-electron chi connectivity index (χ1n) is 5.51. The van der Waals surface area contributed by atoms with Crippen LogP contribution >= 0.6 is 11.6 Å². The Morgan fingerprint density at radius 1 is 1.50 bits per heavy atom. The summed E-state index contributed by atoms with van der Waals surface area (Å²) in [5.74, 6) is 0.780. The number of halogens is 1. The highest BCUT2D eigenvalue weighted by Crippen LogP contribution is 2.29. The number of rotatable bonds is 7. The Labute approximate surface area is 102 Å². The molecule has 0 aliphatic carbocycles. The molecule has 0 spiro atoms. The molecule has 1 rings (SSSR count). The summed E-state index contributed by atoms with van der Waals surface area (Å²) in [6.45, 7) is 8.20. The van der Waals surface area contributed by atoms with Gasteiger partial charge in [0.25, 0.3) is 0 Å². The van der Waals surface area contributed by atoms with Gasteiger partial charge in [-0.05, 0) is 24.6 Å². The van der Waals surface area contributed by atoms with Gasteiger partial charge in [-0.1, -0.05) is 36.7 Å². The fourth-order valence-electron chi connectivity index (χ4n) is 1.43. The lowest BCUT2D eigenvalue weighted by atomic mass is 10.1. The maximum atomic E-state index is 6.10. The number of para-hydroxylation sites is 1. The molecule has 0 atom stereocenters. The van der Waals surface area contributed by atoms with Gasteiger partial charge < -0.3 is 10.1 Å². The van der Waals surface area contributed by atoms with Crippen LogP contribution in [0.25, 0.3) is 0 Å². The van der Waals surface area contributed by atoms with Gasteiger partial charge in [0.05, 0.1) is 5.02 Å². The Kier molecular flexibility index (Phi) is 5.98. The second-order valence-corrected chi connectivity index (χ2v) is 3.83. The van der Waals surface area contributed by atoms with Gasteiger partial charge in [0.2, 0.25) is 0 Å². The number of allylic oxidation sites excluding steroid dienone is 1. The van der Waals surface area contributed by atoms with Crippen molar-refractivity contribution in [2.24, 2.45) is 0 Å². The van der Waals surface area contributed by atoms with Crippen LogP contribution < -0.4 is 10.1 Å². The Balaban J connectivity index is 2.64. The molecule has 0 amide bonds. The minimum atomic E-state index is 0.627. The summed E-state index contributed by atoms with van der Waals surface area (Å²) in [5.41, 5.74) is 1.08. The lowest BCUT2D eigenvalue weighted by Gasteiger charge is -2.12. The molecule has 0 saturated carbocycles. The first kappa shape index (κ1) is 13.1. The van der Waals surface area contributed by atoms with Crippen molar-refractivity contribution in [1.29, 1.82) is 0 Å². The van der Waals surface area contributed by atoms with E-state index in [1.165, 1.54) is 0 Å². The molecule has 1 aromatic rings. The van der Waals surface area contributed by atoms with E-state index in [0.29, 0.717) is 11.6 Å². The molecule has 16 heavy (non-hydrogen) atoms. The summed E-state index contributed by atoms with van der Waals surface area (Å²) in [6.07, 6.45) is 2.62. The normalized spacial score (nSPS) is 10.1. The predicted octanol–water partition coefficient (Wildman–Crippen LogP) is 3.06. The zero-order valence-electron chi connectivity index (χ0n) is 9.63. The first-order chi connectivity index (χ1) is 7.79. The van der Waals surface area contributed by atoms with Crippen molar-refractivity contribution in [1.82, 2.24) is 5.32 Å². The second-order valence-electron chi connectivity index (χ2n) is 3.42. The van der Waals surface area contributed by atoms with Crippen LogP contribution in [0.15, 0.2) is 30.9 Å². The summed E-state index contributed by atoms with van der Waals surface area (Å²) in [7, 11) is 0. The molecule has 0 saturated heterocycles. The molecule has 0 unspecified atom stereocenters. The van der Waals surface area contributed by atoms with Gasteiger partial charge in [-0.15, -0.1) is 6.58 Å². The summed E-state index contributed by atoms with van der Waals surface area (Å²) in [4.78, 5) is 0. The second kappa shape index (κ2) is 7.31. The van der Waals surface area contributed by atoms with Crippen molar-refractivity contribution >= 4 is 11.6 Å². The highest BCUT2D eigenvalue weighted by molar-refractivity contribution is 6.32. The van der Waals surface area contributed by atoms with Gasteiger partial charge >= 0.3 is 0 Å². The van der Waals surface area contributed by atoms with Gasteiger partial charge in [0, 0.05) is 6.54 Å². The van der Waals surface area contributed by atoms with Crippen LogP contribution in [0, 0.1) is 0 Å². The zero-order valence-corrected chi connectivity index (χ0v) is 10.4. The van der Waals surface area contributed by atoms with Crippen molar-refractivity contribution in [2.75, 3.05) is 19.7 Å². The molecule has 0 aromatic heterocycles. The molecule has 3 heteroatoms. The van der Waals surface area contributed by atoms with Crippen LogP contribution in [0.2, 0.25) is 5.02 Å². The van der Waals surface area contributed by atoms with Crippen LogP contribution in [-0.2, 0) is 6.42 Å². The third-order valence-electron chi connectivity index (χ3n) is 2.19. The topological polar surface area (TPSA) is 21.3 Å². The van der Waals surface area contributed by atoms with E-state index in [9.17, 15) is 0 Å². The first-order valence-corrected chi connectivity index (χ1v) is 5.89. The molecular formula is C13H18ClNO. The van der Waals surface area contributed by atoms with E-state index in [1.54, 1.807) is 0 Å². The summed E-state index contributed by atoms with van der Waals surface area (Å²) >= 11 is 6.10. The van der Waals surface area contributed by atoms with Gasteiger partial charge in [-0.3, -0.25) is 0 Å². The fourth-order valence-corrected chi connectivity index (χ4v) is 1.68. The highest BCUT2D eigenvalue weighted by Gasteiger charge is 2.06. The maximum Gasteiger partial charge on any atom is 0.141 e. The third kappa shape index (κ3) is 3.87. The molecule has 0 heterocycles. The Bertz CT molecular complexity index is 339. The standard InChI is InChI=1S/C13H18ClNO/c1-3-6-11-7-5-8-12(14)13(11)16-10-9-15-4-2/h3,5,7-8,15H,1,4,6,9-10H2,2H3. The molecule has 88 valence electrons. The predicted molar refractivity (Wildman–Crippen MR) is 69.4 cm³/mol. The van der Waals surface area contributed by atoms with Crippen LogP contribution in [0.4, 0.5) is 0 Å². The smallest absolute Gasteiger partial charge is 0.141 e. The van der Waals surface area contributed by atoms with E-state index in [1.807, 2.05) is 24.3 Å². The average Bonchev–Trinajstić information content (AvgIpc) is 2.28. The molecule has 0 aliphatic heterocycles. The van der Waals surface area contributed by atoms with Gasteiger partial charge in [0.15, 0.2) is 0 Å². The highest BCUT2D eigenvalue weighted by atomic mass is 35.5. The molecule has 0 radical (unpaired) electrons. The summed E-state index contributed by atoms with van der Waals surface area (Å²) in [6, 6.07) is 5.78. The minimum Gasteiger partial charge on any atom is -0.490 e. The lowest BCUT2D eigenvalue weighted by Crippen LogP contribution is -2.20. The Morgan fingerprint density at radius 3 is 3.00 bits per heavy atom. The van der Waals surface area contributed by atoms with Crippen LogP contribution in [-0.4, -0.2) is 19.7 Å². The lowest BCUT2D eigenvalue weighted by molar-refractivity contribution is 0.313. The van der Waals surface area contributed by atoms with Crippen LogP contribution in [0.5, 0.6) is 5.75 Å². The Morgan fingerprint density at radius 2 is 2.31 bits per heavy atom. The van der Waals surface area contributed by atoms with Gasteiger partial charge in [-0.25, -0.2) is 0 Å². The zero-order chi connectivity index (χ0) is 11.8. The number of benzene rings is 1. The van der Waals surface area contributed by atoms with E-state index in [0.717, 1.165) is 30.8 Å². The largest absolute Gasteiger partial charge is 0.490 e. The SMILES string of the molecule is C=CCc1cccc(Cl)c1OCCNCC. The van der Waals surface area contributed by atoms with Crippen LogP contribution in [0.3, 0.4) is 0 Å². The average molecular weight is 240 g/mol. The number of ether oxygens (including phenoxy) is 1. The molecule has 0 bridgehead atoms. The fraction of sp³-hybridized carbons (Fsp3) is 0.385. The monoisotopic (exact) mass is 239 g/mol. The minimum absolute atomic E-state index is 0.627. The Hall–Kier alpha value is -0.990. The van der Waals surface area contributed by atoms with Gasteiger partial charge in [-0.2, -0.15) is 0 Å². The number of hydrogen-bond donors (Lipinski definition) is 1. The number of likely N-dealkylation sites (N-methyl/N-ethyl adjacent to an activating group) is 1. The quantitative estimate of drug-likeness (QED) is 0.583. The van der Waals surface area contributed by atoms with Crippen molar-refractivity contribution in [3.8, 4) is 5.75 Å². The summed E-state index contributed by atoms with van der Waals surface area (Å²) in [5, 5.41) is 3.86. The van der Waals surface area contributed by atoms with E-state index < -0.39 is 0 Å². The van der Waals surface area contributed by atoms with E-state index in [4.69, 9.17) is 16.3 Å². The summed E-state index contributed by atoms with van der Waals surface area (Å²) < 4.78 is 5.68. The number of hydrogen-bond acceptors (Lipinski definition) is 2. The molecular weight excluding hydrogens is 222 g/mol. The van der Waals surface area contributed by atoms with Crippen molar-refractivity contribution in [3.05, 3.63) is 41.4 Å². The van der Waals surface area contributed by atoms with Crippen LogP contribution in [0.1, 0.15) is 12.5 Å². The van der Waals surface area contributed by atoms with E-state index in [2.05, 4.69) is 18.8 Å². The molecule has 2 nitrogen and oxygen atoms in total. The van der Waals surface area contributed by atoms with Crippen molar-refractivity contribution < 1.29 is 4.74 Å².